The fourth-order valence-electron chi connectivity index (χ4n) is 2.53. The molecule has 0 unspecified atom stereocenters. The third kappa shape index (κ3) is 7.30. The van der Waals surface area contributed by atoms with Gasteiger partial charge in [0.25, 0.3) is 5.91 Å². The second-order valence-corrected chi connectivity index (χ2v) is 7.03. The molecule has 7 nitrogen and oxygen atoms in total. The maximum atomic E-state index is 12.1. The number of ether oxygens (including phenoxy) is 3. The molecule has 2 aromatic carbocycles. The lowest BCUT2D eigenvalue weighted by atomic mass is 10.1. The third-order valence-corrected chi connectivity index (χ3v) is 4.30. The summed E-state index contributed by atoms with van der Waals surface area (Å²) >= 11 is 3.37. The summed E-state index contributed by atoms with van der Waals surface area (Å²) in [6, 6.07) is 10.8. The number of amides is 2. The number of aryl methyl sites for hydroxylation is 1. The second kappa shape index (κ2) is 11.3. The number of hydrogen-bond acceptors (Lipinski definition) is 5. The second-order valence-electron chi connectivity index (χ2n) is 6.12. The summed E-state index contributed by atoms with van der Waals surface area (Å²) in [6.07, 6.45) is 0.0828. The summed E-state index contributed by atoms with van der Waals surface area (Å²) < 4.78 is 17.5. The molecular weight excluding hydrogens is 440 g/mol. The first-order valence-corrected chi connectivity index (χ1v) is 10.1. The van der Waals surface area contributed by atoms with Gasteiger partial charge in [-0.2, -0.15) is 0 Å². The van der Waals surface area contributed by atoms with Crippen molar-refractivity contribution in [2.45, 2.75) is 27.2 Å². The molecule has 0 atom stereocenters. The fraction of sp³-hybridized carbons (Fsp3) is 0.333. The average Bonchev–Trinajstić information content (AvgIpc) is 2.68. The van der Waals surface area contributed by atoms with Crippen molar-refractivity contribution in [3.8, 4) is 17.2 Å². The van der Waals surface area contributed by atoms with Gasteiger partial charge in [-0.15, -0.1) is 0 Å². The fourth-order valence-corrected chi connectivity index (χ4v) is 3.00. The van der Waals surface area contributed by atoms with E-state index in [9.17, 15) is 9.59 Å². The minimum Gasteiger partial charge on any atom is -0.490 e. The van der Waals surface area contributed by atoms with Gasteiger partial charge in [-0.1, -0.05) is 22.0 Å². The van der Waals surface area contributed by atoms with E-state index in [1.165, 1.54) is 0 Å². The van der Waals surface area contributed by atoms with Crippen LogP contribution >= 0.6 is 15.9 Å². The highest BCUT2D eigenvalue weighted by Crippen LogP contribution is 2.28. The number of benzene rings is 2. The highest BCUT2D eigenvalue weighted by Gasteiger charge is 2.11. The number of nitrogens with one attached hydrogen (secondary N) is 2. The number of carbonyl (C=O) groups excluding carboxylic acids is 2. The highest BCUT2D eigenvalue weighted by atomic mass is 79.9. The quantitative estimate of drug-likeness (QED) is 0.555. The lowest BCUT2D eigenvalue weighted by Crippen LogP contribution is -2.44. The van der Waals surface area contributed by atoms with Crippen molar-refractivity contribution in [1.82, 2.24) is 10.9 Å². The van der Waals surface area contributed by atoms with Gasteiger partial charge in [0, 0.05) is 4.47 Å². The summed E-state index contributed by atoms with van der Waals surface area (Å²) in [4.78, 5) is 24.0. The summed E-state index contributed by atoms with van der Waals surface area (Å²) in [5, 5.41) is 0. The summed E-state index contributed by atoms with van der Waals surface area (Å²) in [7, 11) is 0. The molecule has 2 amide bonds. The molecule has 0 aliphatic carbocycles. The molecule has 0 aliphatic heterocycles. The van der Waals surface area contributed by atoms with Crippen molar-refractivity contribution in [3.05, 3.63) is 52.0 Å². The van der Waals surface area contributed by atoms with Gasteiger partial charge in [0.15, 0.2) is 18.1 Å². The first-order chi connectivity index (χ1) is 13.9. The van der Waals surface area contributed by atoms with Crippen LogP contribution in [0.15, 0.2) is 40.9 Å². The minimum atomic E-state index is -0.456. The molecule has 0 heterocycles. The van der Waals surface area contributed by atoms with Gasteiger partial charge < -0.3 is 14.2 Å². The van der Waals surface area contributed by atoms with Crippen LogP contribution in [0.3, 0.4) is 0 Å². The van der Waals surface area contributed by atoms with E-state index in [4.69, 9.17) is 14.2 Å². The van der Waals surface area contributed by atoms with Crippen molar-refractivity contribution < 1.29 is 23.8 Å². The van der Waals surface area contributed by atoms with E-state index >= 15 is 0 Å². The van der Waals surface area contributed by atoms with Crippen LogP contribution in [0.25, 0.3) is 0 Å². The Morgan fingerprint density at radius 2 is 1.52 bits per heavy atom. The number of hydrogen-bond donors (Lipinski definition) is 2. The molecule has 0 bridgehead atoms. The van der Waals surface area contributed by atoms with Crippen LogP contribution in [0.5, 0.6) is 17.2 Å². The highest BCUT2D eigenvalue weighted by molar-refractivity contribution is 9.10. The molecule has 29 heavy (non-hydrogen) atoms. The van der Waals surface area contributed by atoms with Crippen LogP contribution in [0.2, 0.25) is 0 Å². The Labute approximate surface area is 178 Å². The van der Waals surface area contributed by atoms with Crippen molar-refractivity contribution >= 4 is 27.7 Å². The van der Waals surface area contributed by atoms with E-state index in [0.29, 0.717) is 30.5 Å². The Morgan fingerprint density at radius 1 is 0.862 bits per heavy atom. The Morgan fingerprint density at radius 3 is 2.21 bits per heavy atom. The maximum absolute atomic E-state index is 12.1. The summed E-state index contributed by atoms with van der Waals surface area (Å²) in [5.74, 6) is 1.01. The van der Waals surface area contributed by atoms with Crippen LogP contribution in [0.4, 0.5) is 0 Å². The normalized spacial score (nSPS) is 10.2. The Bertz CT molecular complexity index is 857. The maximum Gasteiger partial charge on any atom is 0.276 e. The van der Waals surface area contributed by atoms with E-state index in [1.54, 1.807) is 24.3 Å². The van der Waals surface area contributed by atoms with E-state index in [1.807, 2.05) is 32.9 Å². The van der Waals surface area contributed by atoms with Crippen LogP contribution < -0.4 is 25.1 Å². The topological polar surface area (TPSA) is 85.9 Å². The van der Waals surface area contributed by atoms with Gasteiger partial charge in [0.2, 0.25) is 5.91 Å². The van der Waals surface area contributed by atoms with Gasteiger partial charge in [-0.05, 0) is 62.2 Å². The van der Waals surface area contributed by atoms with E-state index in [-0.39, 0.29) is 18.9 Å². The van der Waals surface area contributed by atoms with E-state index < -0.39 is 5.91 Å². The zero-order valence-corrected chi connectivity index (χ0v) is 18.3. The lowest BCUT2D eigenvalue weighted by Gasteiger charge is -2.13. The monoisotopic (exact) mass is 464 g/mol. The molecule has 0 radical (unpaired) electrons. The SMILES string of the molecule is CCOc1ccc(CC(=O)NNC(=O)COc2ccc(Br)cc2C)cc1OCC. The number of carbonyl (C=O) groups is 2. The van der Waals surface area contributed by atoms with Crippen LogP contribution in [-0.2, 0) is 16.0 Å². The Hall–Kier alpha value is -2.74. The van der Waals surface area contributed by atoms with E-state index in [0.717, 1.165) is 15.6 Å². The molecule has 0 fully saturated rings. The third-order valence-electron chi connectivity index (χ3n) is 3.81. The summed E-state index contributed by atoms with van der Waals surface area (Å²) in [6.45, 7) is 6.45. The number of halogens is 1. The molecule has 2 rings (SSSR count). The van der Waals surface area contributed by atoms with Gasteiger partial charge in [-0.3, -0.25) is 20.4 Å². The Balaban J connectivity index is 1.82. The summed E-state index contributed by atoms with van der Waals surface area (Å²) in [5.41, 5.74) is 6.37. The van der Waals surface area contributed by atoms with Gasteiger partial charge >= 0.3 is 0 Å². The molecule has 8 heteroatoms. The van der Waals surface area contributed by atoms with Crippen molar-refractivity contribution in [3.63, 3.8) is 0 Å². The van der Waals surface area contributed by atoms with Gasteiger partial charge in [-0.25, -0.2) is 0 Å². The standard InChI is InChI=1S/C21H25BrN2O5/c1-4-27-18-8-6-15(11-19(18)28-5-2)12-20(25)23-24-21(26)13-29-17-9-7-16(22)10-14(17)3/h6-11H,4-5,12-13H2,1-3H3,(H,23,25)(H,24,26). The molecule has 0 aliphatic rings. The zero-order chi connectivity index (χ0) is 21.2. The van der Waals surface area contributed by atoms with Gasteiger partial charge in [0.1, 0.15) is 5.75 Å². The molecule has 0 spiro atoms. The van der Waals surface area contributed by atoms with Crippen LogP contribution in [0, 0.1) is 6.92 Å². The molecular formula is C21H25BrN2O5. The number of hydrazine groups is 1. The molecule has 156 valence electrons. The first kappa shape index (κ1) is 22.5. The van der Waals surface area contributed by atoms with Crippen LogP contribution in [0.1, 0.15) is 25.0 Å². The molecule has 0 saturated carbocycles. The zero-order valence-electron chi connectivity index (χ0n) is 16.7. The van der Waals surface area contributed by atoms with Crippen molar-refractivity contribution in [2.75, 3.05) is 19.8 Å². The first-order valence-electron chi connectivity index (χ1n) is 9.28. The van der Waals surface area contributed by atoms with Crippen molar-refractivity contribution in [1.29, 1.82) is 0 Å². The lowest BCUT2D eigenvalue weighted by molar-refractivity contribution is -0.129. The smallest absolute Gasteiger partial charge is 0.276 e. The molecule has 2 N–H and O–H groups in total. The van der Waals surface area contributed by atoms with Crippen molar-refractivity contribution in [2.24, 2.45) is 0 Å². The molecule has 0 saturated heterocycles. The number of rotatable bonds is 9. The van der Waals surface area contributed by atoms with Crippen LogP contribution in [-0.4, -0.2) is 31.6 Å². The largest absolute Gasteiger partial charge is 0.490 e. The van der Waals surface area contributed by atoms with E-state index in [2.05, 4.69) is 26.8 Å². The molecule has 2 aromatic rings. The predicted molar refractivity (Wildman–Crippen MR) is 113 cm³/mol. The average molecular weight is 465 g/mol. The predicted octanol–water partition coefficient (Wildman–Crippen LogP) is 3.32. The Kier molecular flexibility index (Phi) is 8.79. The molecule has 0 aromatic heterocycles. The minimum absolute atomic E-state index is 0.0828. The van der Waals surface area contributed by atoms with Gasteiger partial charge in [0.05, 0.1) is 19.6 Å².